The first-order valence-electron chi connectivity index (χ1n) is 10.6. The topological polar surface area (TPSA) is 106 Å². The van der Waals surface area contributed by atoms with E-state index in [0.717, 1.165) is 17.4 Å². The molecule has 1 aliphatic rings. The normalized spacial score (nSPS) is 19.0. The number of rotatable bonds is 6. The van der Waals surface area contributed by atoms with Crippen molar-refractivity contribution in [2.45, 2.75) is 47.1 Å². The van der Waals surface area contributed by atoms with E-state index < -0.39 is 5.41 Å². The lowest BCUT2D eigenvalue weighted by atomic mass is 9.88. The van der Waals surface area contributed by atoms with Gasteiger partial charge in [-0.3, -0.25) is 9.59 Å². The number of carbonyl (C=O) groups is 2. The molecule has 1 N–H and O–H groups in total. The fraction of sp³-hybridized carbons (Fsp3) is 0.522. The number of allylic oxidation sites excluding steroid dienone is 1. The maximum Gasteiger partial charge on any atom is 0.242 e. The predicted octanol–water partition coefficient (Wildman–Crippen LogP) is 3.09. The molecule has 0 spiro atoms. The summed E-state index contributed by atoms with van der Waals surface area (Å²) in [6.45, 7) is 10.4. The molecule has 0 aliphatic carbocycles. The van der Waals surface area contributed by atoms with Gasteiger partial charge in [0.2, 0.25) is 5.91 Å². The first kappa shape index (κ1) is 22.5. The maximum absolute atomic E-state index is 13.0. The summed E-state index contributed by atoms with van der Waals surface area (Å²) in [5.41, 5.74) is 0.548. The van der Waals surface area contributed by atoms with Gasteiger partial charge in [0.25, 0.3) is 0 Å². The summed E-state index contributed by atoms with van der Waals surface area (Å²) < 4.78 is 0. The van der Waals surface area contributed by atoms with Crippen molar-refractivity contribution in [2.75, 3.05) is 24.5 Å². The number of aromatic nitrogens is 3. The number of amides is 1. The number of fused-ring (bicyclic) bond motifs is 1. The van der Waals surface area contributed by atoms with E-state index >= 15 is 0 Å². The summed E-state index contributed by atoms with van der Waals surface area (Å²) in [6, 6.07) is 3.89. The van der Waals surface area contributed by atoms with Gasteiger partial charge >= 0.3 is 0 Å². The van der Waals surface area contributed by atoms with Crippen LogP contribution in [0.5, 0.6) is 0 Å². The number of hydrogen-bond acceptors (Lipinski definition) is 6. The van der Waals surface area contributed by atoms with Crippen molar-refractivity contribution in [2.24, 2.45) is 11.3 Å². The van der Waals surface area contributed by atoms with Gasteiger partial charge in [0.05, 0.1) is 24.0 Å². The molecule has 0 saturated carbocycles. The second-order valence-electron chi connectivity index (χ2n) is 9.07. The number of ketones is 1. The highest BCUT2D eigenvalue weighted by Crippen LogP contribution is 2.31. The number of likely N-dealkylation sites (tertiary alicyclic amines) is 1. The molecule has 2 atom stereocenters. The molecule has 164 valence electrons. The van der Waals surface area contributed by atoms with Crippen molar-refractivity contribution in [3.05, 3.63) is 30.2 Å². The number of carbonyl (C=O) groups excluding carboxylic acids is 2. The summed E-state index contributed by atoms with van der Waals surface area (Å²) in [5.74, 6) is 0.706. The first-order valence-corrected chi connectivity index (χ1v) is 10.6. The zero-order valence-electron chi connectivity index (χ0n) is 18.8. The second kappa shape index (κ2) is 8.88. The minimum atomic E-state index is -1.09. The fourth-order valence-electron chi connectivity index (χ4n) is 4.05. The van der Waals surface area contributed by atoms with Crippen LogP contribution in [0.3, 0.4) is 0 Å². The maximum atomic E-state index is 13.0. The number of anilines is 1. The van der Waals surface area contributed by atoms with E-state index in [1.54, 1.807) is 31.0 Å². The molecule has 3 rings (SSSR count). The van der Waals surface area contributed by atoms with Gasteiger partial charge in [-0.1, -0.05) is 12.5 Å². The molecule has 3 heterocycles. The predicted molar refractivity (Wildman–Crippen MR) is 119 cm³/mol. The number of H-pyrrole nitrogens is 1. The minimum Gasteiger partial charge on any atom is -0.346 e. The van der Waals surface area contributed by atoms with E-state index in [1.165, 1.54) is 6.33 Å². The zero-order valence-corrected chi connectivity index (χ0v) is 18.8. The lowest BCUT2D eigenvalue weighted by molar-refractivity contribution is -0.139. The Morgan fingerprint density at radius 3 is 2.81 bits per heavy atom. The van der Waals surface area contributed by atoms with Crippen LogP contribution < -0.4 is 4.90 Å². The number of hydrogen-bond donors (Lipinski definition) is 1. The van der Waals surface area contributed by atoms with E-state index in [9.17, 15) is 14.9 Å². The Balaban J connectivity index is 2.00. The van der Waals surface area contributed by atoms with Crippen LogP contribution in [0.2, 0.25) is 0 Å². The third-order valence-electron chi connectivity index (χ3n) is 5.80. The third kappa shape index (κ3) is 4.76. The molecule has 0 aromatic carbocycles. The first-order chi connectivity index (χ1) is 14.6. The average molecular weight is 423 g/mol. The van der Waals surface area contributed by atoms with E-state index in [1.807, 2.05) is 24.8 Å². The molecule has 1 fully saturated rings. The molecule has 0 bridgehead atoms. The molecule has 1 amide bonds. The molecule has 0 radical (unpaired) electrons. The van der Waals surface area contributed by atoms with Gasteiger partial charge in [0, 0.05) is 19.3 Å². The van der Waals surface area contributed by atoms with Crippen molar-refractivity contribution in [3.8, 4) is 6.07 Å². The molecule has 0 unspecified atom stereocenters. The van der Waals surface area contributed by atoms with Crippen molar-refractivity contribution >= 4 is 28.5 Å². The van der Waals surface area contributed by atoms with Crippen molar-refractivity contribution < 1.29 is 9.59 Å². The van der Waals surface area contributed by atoms with Crippen LogP contribution in [0.15, 0.2) is 30.2 Å². The quantitative estimate of drug-likeness (QED) is 0.717. The number of aromatic amines is 1. The second-order valence-corrected chi connectivity index (χ2v) is 9.07. The lowest BCUT2D eigenvalue weighted by Gasteiger charge is -2.44. The molecular formula is C23H30N6O2. The standard InChI is InChI=1S/C23H30N6O2/c1-15(2)10-17(30)11-29(21-18-6-8-25-20(18)26-14-27-21)19-12-28(9-7-16(19)3)22(31)23(4,5)13-24/h6,8,10,14,16,19H,7,9,11-12H2,1-5H3,(H,25,26,27)/t16-,19+/m1/s1. The number of piperidine rings is 1. The van der Waals surface area contributed by atoms with Crippen molar-refractivity contribution in [1.29, 1.82) is 5.26 Å². The molecule has 1 aliphatic heterocycles. The van der Waals surface area contributed by atoms with E-state index in [-0.39, 0.29) is 30.2 Å². The minimum absolute atomic E-state index is 0.0182. The number of nitrogens with one attached hydrogen (secondary N) is 1. The summed E-state index contributed by atoms with van der Waals surface area (Å²) >= 11 is 0. The molecule has 1 saturated heterocycles. The number of nitriles is 1. The van der Waals surface area contributed by atoms with Gasteiger partial charge in [-0.05, 0) is 52.2 Å². The van der Waals surface area contributed by atoms with Crippen LogP contribution in [0.4, 0.5) is 5.82 Å². The monoisotopic (exact) mass is 422 g/mol. The van der Waals surface area contributed by atoms with Gasteiger partial charge in [-0.2, -0.15) is 5.26 Å². The summed E-state index contributed by atoms with van der Waals surface area (Å²) in [6.07, 6.45) is 5.71. The summed E-state index contributed by atoms with van der Waals surface area (Å²) in [4.78, 5) is 41.4. The van der Waals surface area contributed by atoms with Gasteiger partial charge in [0.1, 0.15) is 23.2 Å². The third-order valence-corrected chi connectivity index (χ3v) is 5.80. The van der Waals surface area contributed by atoms with Gasteiger partial charge in [-0.15, -0.1) is 0 Å². The Bertz CT molecular complexity index is 1040. The smallest absolute Gasteiger partial charge is 0.242 e. The van der Waals surface area contributed by atoms with Gasteiger partial charge < -0.3 is 14.8 Å². The Hall–Kier alpha value is -3.21. The highest BCUT2D eigenvalue weighted by Gasteiger charge is 2.39. The van der Waals surface area contributed by atoms with Crippen LogP contribution in [0.1, 0.15) is 41.0 Å². The molecule has 2 aromatic heterocycles. The lowest BCUT2D eigenvalue weighted by Crippen LogP contribution is -2.56. The SMILES string of the molecule is CC(C)=CC(=O)CN(c1ncnc2[nH]ccc12)[C@H]1CN(C(=O)C(C)(C)C#N)CC[C@H]1C. The van der Waals surface area contributed by atoms with E-state index in [4.69, 9.17) is 0 Å². The fourth-order valence-corrected chi connectivity index (χ4v) is 4.05. The van der Waals surface area contributed by atoms with Crippen LogP contribution in [-0.4, -0.2) is 57.2 Å². The van der Waals surface area contributed by atoms with Crippen LogP contribution in [0.25, 0.3) is 11.0 Å². The summed E-state index contributed by atoms with van der Waals surface area (Å²) in [5, 5.41) is 10.3. The molecular weight excluding hydrogens is 392 g/mol. The van der Waals surface area contributed by atoms with Gasteiger partial charge in [-0.25, -0.2) is 9.97 Å². The van der Waals surface area contributed by atoms with Gasteiger partial charge in [0.15, 0.2) is 5.78 Å². The summed E-state index contributed by atoms with van der Waals surface area (Å²) in [7, 11) is 0. The molecule has 31 heavy (non-hydrogen) atoms. The molecule has 8 heteroatoms. The zero-order chi connectivity index (χ0) is 22.8. The van der Waals surface area contributed by atoms with Crippen LogP contribution >= 0.6 is 0 Å². The van der Waals surface area contributed by atoms with Crippen LogP contribution in [-0.2, 0) is 9.59 Å². The van der Waals surface area contributed by atoms with E-state index in [2.05, 4.69) is 27.9 Å². The highest BCUT2D eigenvalue weighted by molar-refractivity contribution is 5.96. The molecule has 8 nitrogen and oxygen atoms in total. The average Bonchev–Trinajstić information content (AvgIpc) is 3.20. The van der Waals surface area contributed by atoms with Crippen molar-refractivity contribution in [1.82, 2.24) is 19.9 Å². The van der Waals surface area contributed by atoms with Crippen molar-refractivity contribution in [3.63, 3.8) is 0 Å². The van der Waals surface area contributed by atoms with Crippen LogP contribution in [0, 0.1) is 22.7 Å². The Kier molecular flexibility index (Phi) is 6.44. The number of nitrogens with zero attached hydrogens (tertiary/aromatic N) is 5. The molecule has 2 aromatic rings. The highest BCUT2D eigenvalue weighted by atomic mass is 16.2. The Morgan fingerprint density at radius 2 is 2.13 bits per heavy atom. The Morgan fingerprint density at radius 1 is 1.39 bits per heavy atom. The van der Waals surface area contributed by atoms with E-state index in [0.29, 0.717) is 24.6 Å². The largest absolute Gasteiger partial charge is 0.346 e. The Labute approximate surface area is 183 Å².